The van der Waals surface area contributed by atoms with Gasteiger partial charge in [-0.3, -0.25) is 4.79 Å². The maximum absolute atomic E-state index is 13.4. The highest BCUT2D eigenvalue weighted by molar-refractivity contribution is 5.82. The van der Waals surface area contributed by atoms with Crippen molar-refractivity contribution in [2.45, 2.75) is 70.5 Å². The molecule has 4 atom stereocenters. The van der Waals surface area contributed by atoms with Gasteiger partial charge in [-0.05, 0) is 80.8 Å². The maximum atomic E-state index is 13.4. The number of rotatable bonds is 7. The van der Waals surface area contributed by atoms with Gasteiger partial charge >= 0.3 is 6.18 Å². The molecule has 2 heterocycles. The average molecular weight is 527 g/mol. The fourth-order valence-corrected chi connectivity index (χ4v) is 6.64. The molecule has 204 valence electrons. The lowest BCUT2D eigenvalue weighted by atomic mass is 9.75. The summed E-state index contributed by atoms with van der Waals surface area (Å²) < 4.78 is 38.9. The van der Waals surface area contributed by atoms with Crippen LogP contribution in [0.15, 0.2) is 54.2 Å². The van der Waals surface area contributed by atoms with Gasteiger partial charge in [0.2, 0.25) is 11.9 Å². The van der Waals surface area contributed by atoms with Crippen LogP contribution in [0, 0.1) is 23.7 Å². The first-order chi connectivity index (χ1) is 18.2. The van der Waals surface area contributed by atoms with Gasteiger partial charge in [0.25, 0.3) is 0 Å². The second-order valence-corrected chi connectivity index (χ2v) is 11.3. The minimum absolute atomic E-state index is 0.0363. The van der Waals surface area contributed by atoms with Crippen LogP contribution in [0.4, 0.5) is 19.1 Å². The smallest absolute Gasteiger partial charge is 0.350 e. The summed E-state index contributed by atoms with van der Waals surface area (Å²) in [6.45, 7) is 5.38. The van der Waals surface area contributed by atoms with E-state index in [0.717, 1.165) is 18.7 Å². The largest absolute Gasteiger partial charge is 0.433 e. The van der Waals surface area contributed by atoms with Crippen LogP contribution in [-0.4, -0.2) is 39.9 Å². The van der Waals surface area contributed by atoms with E-state index in [-0.39, 0.29) is 23.8 Å². The van der Waals surface area contributed by atoms with Gasteiger partial charge in [0, 0.05) is 31.2 Å². The number of hydrogen-bond donors (Lipinski definition) is 1. The first-order valence-electron chi connectivity index (χ1n) is 13.9. The van der Waals surface area contributed by atoms with Crippen molar-refractivity contribution in [1.82, 2.24) is 14.9 Å². The van der Waals surface area contributed by atoms with Gasteiger partial charge in [-0.1, -0.05) is 48.9 Å². The summed E-state index contributed by atoms with van der Waals surface area (Å²) in [7, 11) is 0. The molecule has 0 bridgehead atoms. The Bertz CT molecular complexity index is 1140. The fourth-order valence-electron chi connectivity index (χ4n) is 6.64. The summed E-state index contributed by atoms with van der Waals surface area (Å²) in [5, 5.41) is 2.99. The minimum Gasteiger partial charge on any atom is -0.350 e. The Labute approximate surface area is 222 Å². The fraction of sp³-hybridized carbons (Fsp3) is 0.567. The SMILES string of the molecule is C/C=C(\C[C@@H]1[C@H](C)[C@H]1C(=O)N1CC[C@@H](Nc2nccc(C(F)(F)F)n2)C1)C1CCC(c2ccccc2)CC1. The summed E-state index contributed by atoms with van der Waals surface area (Å²) in [6.07, 6.45) is 5.38. The van der Waals surface area contributed by atoms with E-state index in [1.807, 2.05) is 4.90 Å². The summed E-state index contributed by atoms with van der Waals surface area (Å²) in [4.78, 5) is 22.8. The molecule has 3 fully saturated rings. The molecule has 1 aliphatic heterocycles. The maximum Gasteiger partial charge on any atom is 0.433 e. The number of hydrogen-bond acceptors (Lipinski definition) is 4. The van der Waals surface area contributed by atoms with Gasteiger partial charge in [0.1, 0.15) is 5.69 Å². The first-order valence-corrected chi connectivity index (χ1v) is 13.9. The van der Waals surface area contributed by atoms with Crippen molar-refractivity contribution in [3.8, 4) is 0 Å². The number of carbonyl (C=O) groups is 1. The van der Waals surface area contributed by atoms with E-state index in [9.17, 15) is 18.0 Å². The number of carbonyl (C=O) groups excluding carboxylic acids is 1. The van der Waals surface area contributed by atoms with Crippen LogP contribution >= 0.6 is 0 Å². The monoisotopic (exact) mass is 526 g/mol. The van der Waals surface area contributed by atoms with Crippen LogP contribution in [0.5, 0.6) is 0 Å². The highest BCUT2D eigenvalue weighted by Crippen LogP contribution is 2.53. The third kappa shape index (κ3) is 5.89. The third-order valence-electron chi connectivity index (χ3n) is 8.99. The van der Waals surface area contributed by atoms with E-state index in [1.165, 1.54) is 36.8 Å². The number of amides is 1. The molecular weight excluding hydrogens is 489 g/mol. The van der Waals surface area contributed by atoms with Gasteiger partial charge in [-0.15, -0.1) is 0 Å². The summed E-state index contributed by atoms with van der Waals surface area (Å²) in [5.74, 6) is 2.16. The molecule has 5 nitrogen and oxygen atoms in total. The Morgan fingerprint density at radius 1 is 1.11 bits per heavy atom. The number of allylic oxidation sites excluding steroid dienone is 2. The molecule has 0 radical (unpaired) electrons. The van der Waals surface area contributed by atoms with E-state index in [0.29, 0.717) is 43.2 Å². The second-order valence-electron chi connectivity index (χ2n) is 11.3. The predicted octanol–water partition coefficient (Wildman–Crippen LogP) is 6.70. The first kappa shape index (κ1) is 26.7. The van der Waals surface area contributed by atoms with Crippen LogP contribution < -0.4 is 5.32 Å². The number of anilines is 1. The van der Waals surface area contributed by atoms with Crippen molar-refractivity contribution < 1.29 is 18.0 Å². The molecule has 2 saturated carbocycles. The van der Waals surface area contributed by atoms with Gasteiger partial charge in [-0.25, -0.2) is 9.97 Å². The Kier molecular flexibility index (Phi) is 7.78. The molecule has 2 aromatic rings. The van der Waals surface area contributed by atoms with Crippen LogP contribution in [0.1, 0.15) is 69.5 Å². The molecule has 1 N–H and O–H groups in total. The molecule has 1 aromatic carbocycles. The topological polar surface area (TPSA) is 58.1 Å². The molecule has 2 aliphatic carbocycles. The summed E-state index contributed by atoms with van der Waals surface area (Å²) in [6, 6.07) is 11.5. The molecule has 3 aliphatic rings. The van der Waals surface area contributed by atoms with Crippen molar-refractivity contribution in [2.75, 3.05) is 18.4 Å². The van der Waals surface area contributed by atoms with Crippen LogP contribution in [0.25, 0.3) is 0 Å². The zero-order chi connectivity index (χ0) is 26.9. The number of alkyl halides is 3. The molecule has 0 spiro atoms. The lowest BCUT2D eigenvalue weighted by Gasteiger charge is -2.31. The lowest BCUT2D eigenvalue weighted by molar-refractivity contribution is -0.141. The molecule has 38 heavy (non-hydrogen) atoms. The molecule has 1 aromatic heterocycles. The summed E-state index contributed by atoms with van der Waals surface area (Å²) >= 11 is 0. The zero-order valence-electron chi connectivity index (χ0n) is 22.1. The number of nitrogens with one attached hydrogen (secondary N) is 1. The third-order valence-corrected chi connectivity index (χ3v) is 8.99. The van der Waals surface area contributed by atoms with Gasteiger partial charge < -0.3 is 10.2 Å². The Balaban J connectivity index is 1.11. The number of nitrogens with zero attached hydrogens (tertiary/aromatic N) is 3. The Morgan fingerprint density at radius 2 is 1.84 bits per heavy atom. The molecule has 5 rings (SSSR count). The highest BCUT2D eigenvalue weighted by Gasteiger charge is 2.53. The van der Waals surface area contributed by atoms with E-state index in [4.69, 9.17) is 0 Å². The summed E-state index contributed by atoms with van der Waals surface area (Å²) in [5.41, 5.74) is 1.99. The lowest BCUT2D eigenvalue weighted by Crippen LogP contribution is -2.33. The van der Waals surface area contributed by atoms with E-state index < -0.39 is 11.9 Å². The molecular formula is C30H37F3N4O. The Morgan fingerprint density at radius 3 is 2.53 bits per heavy atom. The van der Waals surface area contributed by atoms with Crippen molar-refractivity contribution >= 4 is 11.9 Å². The predicted molar refractivity (Wildman–Crippen MR) is 141 cm³/mol. The highest BCUT2D eigenvalue weighted by atomic mass is 19.4. The van der Waals surface area contributed by atoms with Gasteiger partial charge in [0.05, 0.1) is 0 Å². The molecule has 0 unspecified atom stereocenters. The standard InChI is InChI=1S/C30H37F3N4O/c1-3-20(22-9-11-23(12-10-22)21-7-5-4-6-8-21)17-25-19(2)27(25)28(38)37-16-14-24(18-37)35-29-34-15-13-26(36-29)30(31,32)33/h3-8,13,15,19,22-25,27H,9-12,14,16-18H2,1-2H3,(H,34,35,36)/b20-3+/t19-,22?,23?,24+,25+,27+/m0/s1. The van der Waals surface area contributed by atoms with E-state index in [1.54, 1.807) is 0 Å². The van der Waals surface area contributed by atoms with Crippen LogP contribution in [-0.2, 0) is 11.0 Å². The Hall–Kier alpha value is -2.90. The normalized spacial score (nSPS) is 29.8. The number of likely N-dealkylation sites (tertiary alicyclic amines) is 1. The van der Waals surface area contributed by atoms with Crippen molar-refractivity contribution in [1.29, 1.82) is 0 Å². The quantitative estimate of drug-likeness (QED) is 0.408. The van der Waals surface area contributed by atoms with E-state index in [2.05, 4.69) is 65.5 Å². The second kappa shape index (κ2) is 11.1. The molecule has 1 saturated heterocycles. The number of aromatic nitrogens is 2. The molecule has 1 amide bonds. The van der Waals surface area contributed by atoms with Crippen LogP contribution in [0.3, 0.4) is 0 Å². The van der Waals surface area contributed by atoms with Crippen LogP contribution in [0.2, 0.25) is 0 Å². The van der Waals surface area contributed by atoms with Crippen molar-refractivity contribution in [3.63, 3.8) is 0 Å². The van der Waals surface area contributed by atoms with Gasteiger partial charge in [-0.2, -0.15) is 13.2 Å². The van der Waals surface area contributed by atoms with Crippen molar-refractivity contribution in [2.24, 2.45) is 23.7 Å². The zero-order valence-corrected chi connectivity index (χ0v) is 22.1. The molecule has 8 heteroatoms. The van der Waals surface area contributed by atoms with Gasteiger partial charge in [0.15, 0.2) is 0 Å². The van der Waals surface area contributed by atoms with Crippen molar-refractivity contribution in [3.05, 3.63) is 65.5 Å². The van der Waals surface area contributed by atoms with E-state index >= 15 is 0 Å². The minimum atomic E-state index is -4.51. The number of benzene rings is 1. The average Bonchev–Trinajstić information content (AvgIpc) is 3.31. The number of halogens is 3.